The Hall–Kier alpha value is -2.47. The molecule has 0 aromatic heterocycles. The number of primary amides is 1. The van der Waals surface area contributed by atoms with E-state index in [4.69, 9.17) is 22.7 Å². The molecule has 5 atom stereocenters. The minimum atomic E-state index is -2.38. The van der Waals surface area contributed by atoms with Crippen LogP contribution in [0.2, 0.25) is 0 Å². The smallest absolute Gasteiger partial charge is 0.255 e. The van der Waals surface area contributed by atoms with Gasteiger partial charge in [0.05, 0.1) is 18.1 Å². The highest BCUT2D eigenvalue weighted by Gasteiger charge is 2.62. The van der Waals surface area contributed by atoms with E-state index in [-0.39, 0.29) is 41.6 Å². The third kappa shape index (κ3) is 3.63. The molecular formula is C22H23NO8S2. The highest BCUT2D eigenvalue weighted by molar-refractivity contribution is 8.10. The number of aliphatic hydroxyl groups excluding tert-OH is 2. The molecule has 176 valence electrons. The number of aliphatic hydroxyl groups is 3. The van der Waals surface area contributed by atoms with Gasteiger partial charge in [-0.2, -0.15) is 0 Å². The maximum absolute atomic E-state index is 13.5. The van der Waals surface area contributed by atoms with Crippen LogP contribution in [0.3, 0.4) is 0 Å². The number of fused-ring (bicyclic) bond motifs is 3. The molecule has 0 radical (unpaired) electrons. The van der Waals surface area contributed by atoms with Crippen molar-refractivity contribution < 1.29 is 39.5 Å². The molecule has 0 bridgehead atoms. The molecule has 6 N–H and O–H groups in total. The molecular weight excluding hydrogens is 470 g/mol. The maximum Gasteiger partial charge on any atom is 0.255 e. The zero-order valence-electron chi connectivity index (χ0n) is 17.4. The molecule has 0 spiro atoms. The number of hydrogen-bond donors (Lipinski definition) is 6. The van der Waals surface area contributed by atoms with E-state index < -0.39 is 58.3 Å². The van der Waals surface area contributed by atoms with E-state index >= 15 is 0 Å². The summed E-state index contributed by atoms with van der Waals surface area (Å²) >= 11 is 8.60. The second-order valence-electron chi connectivity index (χ2n) is 8.74. The van der Waals surface area contributed by atoms with Crippen LogP contribution in [0.4, 0.5) is 0 Å². The van der Waals surface area contributed by atoms with Gasteiger partial charge in [0, 0.05) is 18.8 Å². The predicted molar refractivity (Wildman–Crippen MR) is 122 cm³/mol. The van der Waals surface area contributed by atoms with Crippen LogP contribution in [0, 0.1) is 17.8 Å². The molecule has 5 unspecified atom stereocenters. The number of hydrogen-bond acceptors (Lipinski definition) is 9. The van der Waals surface area contributed by atoms with Gasteiger partial charge in [0.15, 0.2) is 17.2 Å². The van der Waals surface area contributed by atoms with E-state index in [0.29, 0.717) is 17.5 Å². The zero-order chi connectivity index (χ0) is 24.2. The fourth-order valence-corrected chi connectivity index (χ4v) is 5.71. The fourth-order valence-electron chi connectivity index (χ4n) is 5.54. The highest BCUT2D eigenvalue weighted by atomic mass is 32.1. The van der Waals surface area contributed by atoms with Gasteiger partial charge in [-0.15, -0.1) is 0 Å². The number of nitrogens with two attached hydrogens (primary N) is 1. The fraction of sp³-hybridized carbons (Fsp3) is 0.455. The Bertz CT molecular complexity index is 1120. The number of carbonyl (C=O) groups is 3. The number of ether oxygens (including phenoxy) is 1. The van der Waals surface area contributed by atoms with Gasteiger partial charge in [-0.1, -0.05) is 24.8 Å². The molecule has 11 heteroatoms. The lowest BCUT2D eigenvalue weighted by atomic mass is 9.55. The minimum Gasteiger partial charge on any atom is -0.508 e. The molecule has 4 rings (SSSR count). The summed E-state index contributed by atoms with van der Waals surface area (Å²) in [5.74, 6) is -6.26. The molecule has 0 aliphatic heterocycles. The Morgan fingerprint density at radius 2 is 1.97 bits per heavy atom. The van der Waals surface area contributed by atoms with Crippen LogP contribution in [0.1, 0.15) is 34.3 Å². The lowest BCUT2D eigenvalue weighted by Gasteiger charge is -2.52. The molecule has 33 heavy (non-hydrogen) atoms. The molecule has 1 fully saturated rings. The number of benzene rings is 1. The standard InChI is InChI=1S/C22H23NO8S2/c23-20(29)15-12(24)7-11-6-10-5-9-2-1-8(3-4-31-21(32)33)16(25)13(9)17(26)14(10)18(27)22(11,30)19(15)28/h1-2,10-11,14,18,25,27-28,30H,3-7H2,(H2,23,29)(H,32,33). The molecule has 0 heterocycles. The van der Waals surface area contributed by atoms with E-state index in [0.717, 1.165) is 0 Å². The maximum atomic E-state index is 13.5. The van der Waals surface area contributed by atoms with Crippen molar-refractivity contribution in [3.8, 4) is 5.75 Å². The van der Waals surface area contributed by atoms with Gasteiger partial charge in [0.25, 0.3) is 5.91 Å². The van der Waals surface area contributed by atoms with Crippen LogP contribution in [0.5, 0.6) is 5.75 Å². The third-order valence-electron chi connectivity index (χ3n) is 7.06. The number of rotatable bonds is 4. The van der Waals surface area contributed by atoms with Gasteiger partial charge in [-0.05, 0) is 42.1 Å². The summed E-state index contributed by atoms with van der Waals surface area (Å²) in [6.45, 7) is 0.140. The van der Waals surface area contributed by atoms with Crippen molar-refractivity contribution in [3.05, 3.63) is 40.2 Å². The summed E-state index contributed by atoms with van der Waals surface area (Å²) < 4.78 is 5.17. The summed E-state index contributed by atoms with van der Waals surface area (Å²) in [7, 11) is 0. The quantitative estimate of drug-likeness (QED) is 0.199. The Labute approximate surface area is 199 Å². The number of ketones is 2. The number of Topliss-reactive ketones (excluding diaryl/α,β-unsaturated/α-hetero) is 2. The Balaban J connectivity index is 1.72. The number of aromatic hydroxyl groups is 1. The summed E-state index contributed by atoms with van der Waals surface area (Å²) in [5.41, 5.74) is 3.12. The van der Waals surface area contributed by atoms with E-state index in [1.165, 1.54) is 0 Å². The van der Waals surface area contributed by atoms with Crippen molar-refractivity contribution >= 4 is 46.7 Å². The van der Waals surface area contributed by atoms with E-state index in [2.05, 4.69) is 12.6 Å². The van der Waals surface area contributed by atoms with Crippen LogP contribution in [-0.2, 0) is 27.2 Å². The summed E-state index contributed by atoms with van der Waals surface area (Å²) in [6, 6.07) is 3.40. The predicted octanol–water partition coefficient (Wildman–Crippen LogP) is 0.519. The van der Waals surface area contributed by atoms with Gasteiger partial charge in [-0.3, -0.25) is 14.4 Å². The van der Waals surface area contributed by atoms with Crippen LogP contribution in [0.25, 0.3) is 0 Å². The molecule has 3 aliphatic carbocycles. The average Bonchev–Trinajstić information content (AvgIpc) is 2.71. The number of carbonyl (C=O) groups excluding carboxylic acids is 3. The van der Waals surface area contributed by atoms with Crippen molar-refractivity contribution in [2.24, 2.45) is 23.5 Å². The van der Waals surface area contributed by atoms with Gasteiger partial charge >= 0.3 is 0 Å². The molecule has 0 saturated heterocycles. The Kier molecular flexibility index (Phi) is 6.02. The number of phenolic OH excluding ortho intramolecular Hbond substituents is 1. The van der Waals surface area contributed by atoms with E-state index in [1.54, 1.807) is 12.1 Å². The third-order valence-corrected chi connectivity index (χ3v) is 7.30. The molecule has 9 nitrogen and oxygen atoms in total. The van der Waals surface area contributed by atoms with Crippen molar-refractivity contribution in [3.63, 3.8) is 0 Å². The molecule has 1 aromatic rings. The number of thiocarbonyl (C=S) groups is 1. The van der Waals surface area contributed by atoms with Crippen molar-refractivity contribution in [1.82, 2.24) is 0 Å². The summed E-state index contributed by atoms with van der Waals surface area (Å²) in [6.07, 6.45) is -1.37. The first kappa shape index (κ1) is 23.7. The van der Waals surface area contributed by atoms with Gasteiger partial charge < -0.3 is 30.9 Å². The first-order valence-electron chi connectivity index (χ1n) is 10.4. The average molecular weight is 494 g/mol. The van der Waals surface area contributed by atoms with Gasteiger partial charge in [0.2, 0.25) is 4.38 Å². The second-order valence-corrected chi connectivity index (χ2v) is 9.82. The topological polar surface area (TPSA) is 167 Å². The van der Waals surface area contributed by atoms with Crippen LogP contribution < -0.4 is 5.73 Å². The van der Waals surface area contributed by atoms with Crippen molar-refractivity contribution in [2.75, 3.05) is 6.61 Å². The van der Waals surface area contributed by atoms with Crippen molar-refractivity contribution in [1.29, 1.82) is 0 Å². The first-order valence-corrected chi connectivity index (χ1v) is 11.2. The van der Waals surface area contributed by atoms with Crippen LogP contribution >= 0.6 is 24.8 Å². The zero-order valence-corrected chi connectivity index (χ0v) is 19.1. The van der Waals surface area contributed by atoms with E-state index in [1.807, 2.05) is 0 Å². The summed E-state index contributed by atoms with van der Waals surface area (Å²) in [5, 5.41) is 43.8. The van der Waals surface area contributed by atoms with Gasteiger partial charge in [-0.25, -0.2) is 0 Å². The van der Waals surface area contributed by atoms with Crippen LogP contribution in [-0.4, -0.2) is 60.6 Å². The molecule has 1 amide bonds. The minimum absolute atomic E-state index is 0.0359. The molecule has 1 aromatic carbocycles. The first-order chi connectivity index (χ1) is 15.5. The summed E-state index contributed by atoms with van der Waals surface area (Å²) in [4.78, 5) is 37.5. The van der Waals surface area contributed by atoms with Crippen molar-refractivity contribution in [2.45, 2.75) is 37.4 Å². The molecule has 1 saturated carbocycles. The SMILES string of the molecule is NC(=O)C1=C(O)C2(O)C(CC1=O)CC1Cc3ccc(CCOC(=S)S)c(O)c3C(=O)C1C2O. The lowest BCUT2D eigenvalue weighted by molar-refractivity contribution is -0.170. The van der Waals surface area contributed by atoms with Crippen LogP contribution in [0.15, 0.2) is 23.5 Å². The normalized spacial score (nSPS) is 30.9. The number of thiol groups is 1. The second kappa shape index (κ2) is 8.39. The number of phenols is 1. The van der Waals surface area contributed by atoms with E-state index in [9.17, 15) is 34.8 Å². The monoisotopic (exact) mass is 493 g/mol. The highest BCUT2D eigenvalue weighted by Crippen LogP contribution is 2.53. The Morgan fingerprint density at radius 3 is 2.61 bits per heavy atom. The lowest BCUT2D eigenvalue weighted by Crippen LogP contribution is -2.64. The van der Waals surface area contributed by atoms with Gasteiger partial charge in [0.1, 0.15) is 23.2 Å². The number of amides is 1. The molecule has 3 aliphatic rings. The Morgan fingerprint density at radius 1 is 1.27 bits per heavy atom. The largest absolute Gasteiger partial charge is 0.508 e.